The molecule has 2 nitrogen and oxygen atoms in total. The number of hydrogen-bond donors (Lipinski definition) is 2. The summed E-state index contributed by atoms with van der Waals surface area (Å²) in [4.78, 5) is 0. The Balaban J connectivity index is 2.75. The Kier molecular flexibility index (Phi) is 2.94. The number of aliphatic hydroxyl groups is 1. The van der Waals surface area contributed by atoms with E-state index in [-0.39, 0.29) is 5.75 Å². The Morgan fingerprint density at radius 1 is 0.941 bits per heavy atom. The van der Waals surface area contributed by atoms with Crippen LogP contribution in [0.15, 0.2) is 0 Å². The van der Waals surface area contributed by atoms with Gasteiger partial charge in [0.1, 0.15) is 5.75 Å². The molecule has 1 aromatic carbocycles. The van der Waals surface area contributed by atoms with Gasteiger partial charge in [-0.05, 0) is 75.6 Å². The first-order chi connectivity index (χ1) is 7.84. The highest BCUT2D eigenvalue weighted by molar-refractivity contribution is 5.56. The van der Waals surface area contributed by atoms with Gasteiger partial charge in [-0.1, -0.05) is 0 Å². The largest absolute Gasteiger partial charge is 0.507 e. The molecule has 0 saturated heterocycles. The van der Waals surface area contributed by atoms with Crippen LogP contribution in [0.3, 0.4) is 0 Å². The topological polar surface area (TPSA) is 40.5 Å². The summed E-state index contributed by atoms with van der Waals surface area (Å²) in [5.74, 6) is 0.288. The van der Waals surface area contributed by atoms with Crippen LogP contribution < -0.4 is 0 Å². The number of fused-ring (bicyclic) bond motifs is 1. The average Bonchev–Trinajstić information content (AvgIpc) is 2.24. The van der Waals surface area contributed by atoms with E-state index in [1.54, 1.807) is 13.8 Å². The summed E-state index contributed by atoms with van der Waals surface area (Å²) in [7, 11) is 0. The SMILES string of the molecule is Cc1c(O)c(C(C)(C)O)c(C)c2c1CCCC2. The van der Waals surface area contributed by atoms with Crippen molar-refractivity contribution in [2.24, 2.45) is 0 Å². The first-order valence-corrected chi connectivity index (χ1v) is 6.40. The zero-order valence-corrected chi connectivity index (χ0v) is 11.2. The van der Waals surface area contributed by atoms with Crippen LogP contribution in [0.2, 0.25) is 0 Å². The summed E-state index contributed by atoms with van der Waals surface area (Å²) >= 11 is 0. The maximum atomic E-state index is 10.3. The van der Waals surface area contributed by atoms with Gasteiger partial charge in [0.2, 0.25) is 0 Å². The van der Waals surface area contributed by atoms with Crippen molar-refractivity contribution >= 4 is 0 Å². The first kappa shape index (κ1) is 12.4. The maximum absolute atomic E-state index is 10.3. The van der Waals surface area contributed by atoms with Gasteiger partial charge < -0.3 is 10.2 Å². The highest BCUT2D eigenvalue weighted by Gasteiger charge is 2.28. The van der Waals surface area contributed by atoms with E-state index >= 15 is 0 Å². The van der Waals surface area contributed by atoms with Gasteiger partial charge in [-0.15, -0.1) is 0 Å². The quantitative estimate of drug-likeness (QED) is 0.783. The molecule has 0 bridgehead atoms. The van der Waals surface area contributed by atoms with E-state index in [1.807, 2.05) is 13.8 Å². The van der Waals surface area contributed by atoms with Gasteiger partial charge in [0.05, 0.1) is 5.60 Å². The molecule has 1 aliphatic carbocycles. The number of benzene rings is 1. The molecule has 17 heavy (non-hydrogen) atoms. The van der Waals surface area contributed by atoms with Crippen LogP contribution >= 0.6 is 0 Å². The van der Waals surface area contributed by atoms with Crippen molar-refractivity contribution in [1.82, 2.24) is 0 Å². The standard InChI is InChI=1S/C15H22O2/c1-9-11-7-5-6-8-12(11)10(2)14(16)13(9)15(3,4)17/h16-17H,5-8H2,1-4H3. The molecule has 1 aromatic rings. The molecule has 0 radical (unpaired) electrons. The van der Waals surface area contributed by atoms with Crippen molar-refractivity contribution in [2.45, 2.75) is 59.0 Å². The number of hydrogen-bond acceptors (Lipinski definition) is 2. The molecule has 2 N–H and O–H groups in total. The summed E-state index contributed by atoms with van der Waals surface area (Å²) in [6, 6.07) is 0. The minimum Gasteiger partial charge on any atom is -0.507 e. The number of rotatable bonds is 1. The molecule has 0 fully saturated rings. The molecular formula is C15H22O2. The van der Waals surface area contributed by atoms with Crippen LogP contribution in [-0.4, -0.2) is 10.2 Å². The summed E-state index contributed by atoms with van der Waals surface area (Å²) in [5, 5.41) is 20.5. The molecular weight excluding hydrogens is 212 g/mol. The van der Waals surface area contributed by atoms with Gasteiger partial charge in [-0.25, -0.2) is 0 Å². The molecule has 2 rings (SSSR count). The maximum Gasteiger partial charge on any atom is 0.125 e. The molecule has 0 aromatic heterocycles. The van der Waals surface area contributed by atoms with Crippen LogP contribution in [-0.2, 0) is 18.4 Å². The minimum atomic E-state index is -0.981. The van der Waals surface area contributed by atoms with Crippen molar-refractivity contribution in [3.63, 3.8) is 0 Å². The van der Waals surface area contributed by atoms with Crippen molar-refractivity contribution in [3.05, 3.63) is 27.8 Å². The predicted octanol–water partition coefficient (Wildman–Crippen LogP) is 3.12. The molecule has 94 valence electrons. The third-order valence-electron chi connectivity index (χ3n) is 3.95. The molecule has 0 amide bonds. The monoisotopic (exact) mass is 234 g/mol. The molecule has 0 atom stereocenters. The fourth-order valence-electron chi connectivity index (χ4n) is 3.14. The van der Waals surface area contributed by atoms with E-state index in [0.29, 0.717) is 5.56 Å². The van der Waals surface area contributed by atoms with Crippen LogP contribution in [0.25, 0.3) is 0 Å². The highest BCUT2D eigenvalue weighted by atomic mass is 16.3. The predicted molar refractivity (Wildman–Crippen MR) is 69.5 cm³/mol. The van der Waals surface area contributed by atoms with E-state index in [2.05, 4.69) is 0 Å². The number of phenols is 1. The summed E-state index contributed by atoms with van der Waals surface area (Å²) in [6.45, 7) is 7.47. The molecule has 0 unspecified atom stereocenters. The second kappa shape index (κ2) is 4.02. The van der Waals surface area contributed by atoms with E-state index in [4.69, 9.17) is 0 Å². The smallest absolute Gasteiger partial charge is 0.125 e. The molecule has 0 heterocycles. The van der Waals surface area contributed by atoms with E-state index in [1.165, 1.54) is 24.0 Å². The lowest BCUT2D eigenvalue weighted by atomic mass is 9.79. The molecule has 0 saturated carbocycles. The lowest BCUT2D eigenvalue weighted by Crippen LogP contribution is -2.21. The fraction of sp³-hybridized carbons (Fsp3) is 0.600. The highest BCUT2D eigenvalue weighted by Crippen LogP contribution is 2.41. The zero-order valence-electron chi connectivity index (χ0n) is 11.2. The second-order valence-corrected chi connectivity index (χ2v) is 5.70. The third kappa shape index (κ3) is 1.95. The number of aromatic hydroxyl groups is 1. The lowest BCUT2D eigenvalue weighted by molar-refractivity contribution is 0.0748. The number of phenolic OH excluding ortho intramolecular Hbond substituents is 1. The van der Waals surface area contributed by atoms with Gasteiger partial charge in [0, 0.05) is 5.56 Å². The van der Waals surface area contributed by atoms with Crippen molar-refractivity contribution < 1.29 is 10.2 Å². The molecule has 2 heteroatoms. The Morgan fingerprint density at radius 3 is 1.88 bits per heavy atom. The average molecular weight is 234 g/mol. The molecule has 0 aliphatic heterocycles. The summed E-state index contributed by atoms with van der Waals surface area (Å²) in [5.41, 5.74) is 4.42. The van der Waals surface area contributed by atoms with E-state index in [0.717, 1.165) is 24.0 Å². The third-order valence-corrected chi connectivity index (χ3v) is 3.95. The first-order valence-electron chi connectivity index (χ1n) is 6.40. The Morgan fingerprint density at radius 2 is 1.41 bits per heavy atom. The van der Waals surface area contributed by atoms with Crippen LogP contribution in [0, 0.1) is 13.8 Å². The minimum absolute atomic E-state index is 0.288. The van der Waals surface area contributed by atoms with Gasteiger partial charge in [0.15, 0.2) is 0 Å². The molecule has 1 aliphatic rings. The Labute approximate surface area is 103 Å². The Bertz CT molecular complexity index is 453. The van der Waals surface area contributed by atoms with Gasteiger partial charge >= 0.3 is 0 Å². The van der Waals surface area contributed by atoms with Crippen molar-refractivity contribution in [3.8, 4) is 5.75 Å². The van der Waals surface area contributed by atoms with E-state index in [9.17, 15) is 10.2 Å². The normalized spacial score (nSPS) is 15.8. The van der Waals surface area contributed by atoms with E-state index < -0.39 is 5.60 Å². The van der Waals surface area contributed by atoms with Crippen LogP contribution in [0.1, 0.15) is 54.5 Å². The summed E-state index contributed by atoms with van der Waals surface area (Å²) < 4.78 is 0. The van der Waals surface area contributed by atoms with Crippen LogP contribution in [0.4, 0.5) is 0 Å². The fourth-order valence-corrected chi connectivity index (χ4v) is 3.14. The Hall–Kier alpha value is -1.02. The van der Waals surface area contributed by atoms with Crippen molar-refractivity contribution in [2.75, 3.05) is 0 Å². The summed E-state index contributed by atoms with van der Waals surface area (Å²) in [6.07, 6.45) is 4.55. The van der Waals surface area contributed by atoms with Crippen LogP contribution in [0.5, 0.6) is 5.75 Å². The van der Waals surface area contributed by atoms with Gasteiger partial charge in [-0.2, -0.15) is 0 Å². The zero-order chi connectivity index (χ0) is 12.8. The molecule has 0 spiro atoms. The second-order valence-electron chi connectivity index (χ2n) is 5.70. The lowest BCUT2D eigenvalue weighted by Gasteiger charge is -2.29. The van der Waals surface area contributed by atoms with Gasteiger partial charge in [-0.3, -0.25) is 0 Å². The van der Waals surface area contributed by atoms with Crippen molar-refractivity contribution in [1.29, 1.82) is 0 Å². The van der Waals surface area contributed by atoms with Gasteiger partial charge in [0.25, 0.3) is 0 Å².